The van der Waals surface area contributed by atoms with Crippen molar-refractivity contribution < 1.29 is 9.53 Å². The fourth-order valence-electron chi connectivity index (χ4n) is 1.12. The molecule has 0 heterocycles. The molecule has 1 rings (SSSR count). The van der Waals surface area contributed by atoms with Crippen molar-refractivity contribution in [3.05, 3.63) is 29.3 Å². The van der Waals surface area contributed by atoms with Crippen LogP contribution in [0.4, 0.5) is 0 Å². The Labute approximate surface area is 95.2 Å². The van der Waals surface area contributed by atoms with E-state index in [4.69, 9.17) is 16.3 Å². The van der Waals surface area contributed by atoms with Gasteiger partial charge in [0.15, 0.2) is 0 Å². The molecule has 0 bridgehead atoms. The third-order valence-electron chi connectivity index (χ3n) is 1.95. The maximum absolute atomic E-state index is 11.4. The molecule has 82 valence electrons. The van der Waals surface area contributed by atoms with Gasteiger partial charge in [-0.05, 0) is 30.5 Å². The highest BCUT2D eigenvalue weighted by Gasteiger charge is 2.06. The summed E-state index contributed by atoms with van der Waals surface area (Å²) in [7, 11) is 0. The number of carbonyl (C=O) groups is 1. The number of ether oxygens (including phenoxy) is 1. The van der Waals surface area contributed by atoms with Crippen LogP contribution in [0.5, 0.6) is 5.75 Å². The molecule has 0 aromatic heterocycles. The number of hydrogen-bond donors (Lipinski definition) is 0. The Morgan fingerprint density at radius 2 is 2.20 bits per heavy atom. The van der Waals surface area contributed by atoms with Gasteiger partial charge >= 0.3 is 5.97 Å². The lowest BCUT2D eigenvalue weighted by Gasteiger charge is -2.05. The maximum Gasteiger partial charge on any atom is 0.311 e. The Balaban J connectivity index is 2.44. The van der Waals surface area contributed by atoms with Gasteiger partial charge in [0.25, 0.3) is 0 Å². The Kier molecular flexibility index (Phi) is 4.63. The monoisotopic (exact) mass is 226 g/mol. The first-order valence-corrected chi connectivity index (χ1v) is 5.42. The predicted molar refractivity (Wildman–Crippen MR) is 61.2 cm³/mol. The van der Waals surface area contributed by atoms with E-state index >= 15 is 0 Å². The smallest absolute Gasteiger partial charge is 0.311 e. The average molecular weight is 227 g/mol. The van der Waals surface area contributed by atoms with Crippen LogP contribution in [0.25, 0.3) is 0 Å². The van der Waals surface area contributed by atoms with E-state index in [0.717, 1.165) is 6.42 Å². The molecule has 1 aromatic carbocycles. The largest absolute Gasteiger partial charge is 0.426 e. The molecule has 0 fully saturated rings. The van der Waals surface area contributed by atoms with Crippen LogP contribution in [0.1, 0.15) is 26.7 Å². The van der Waals surface area contributed by atoms with Crippen molar-refractivity contribution >= 4 is 17.6 Å². The second-order valence-corrected chi connectivity index (χ2v) is 4.30. The molecule has 15 heavy (non-hydrogen) atoms. The molecular weight excluding hydrogens is 212 g/mol. The lowest BCUT2D eigenvalue weighted by molar-refractivity contribution is -0.134. The van der Waals surface area contributed by atoms with Crippen molar-refractivity contribution in [2.75, 3.05) is 0 Å². The zero-order valence-corrected chi connectivity index (χ0v) is 9.75. The molecule has 3 heteroatoms. The van der Waals surface area contributed by atoms with Crippen molar-refractivity contribution in [3.8, 4) is 5.75 Å². The Hall–Kier alpha value is -1.02. The van der Waals surface area contributed by atoms with Gasteiger partial charge in [-0.15, -0.1) is 0 Å². The molecule has 0 aliphatic heterocycles. The predicted octanol–water partition coefficient (Wildman–Crippen LogP) is 3.68. The number of rotatable bonds is 4. The minimum Gasteiger partial charge on any atom is -0.426 e. The van der Waals surface area contributed by atoms with Crippen molar-refractivity contribution in [2.45, 2.75) is 26.7 Å². The number of esters is 1. The molecule has 0 saturated heterocycles. The van der Waals surface area contributed by atoms with Crippen LogP contribution in [-0.2, 0) is 4.79 Å². The highest BCUT2D eigenvalue weighted by molar-refractivity contribution is 6.30. The number of benzene rings is 1. The molecule has 0 saturated carbocycles. The van der Waals surface area contributed by atoms with Crippen LogP contribution in [-0.4, -0.2) is 5.97 Å². The summed E-state index contributed by atoms with van der Waals surface area (Å²) < 4.78 is 5.12. The van der Waals surface area contributed by atoms with E-state index in [-0.39, 0.29) is 5.97 Å². The lowest BCUT2D eigenvalue weighted by Crippen LogP contribution is -2.08. The molecule has 1 aromatic rings. The molecule has 0 radical (unpaired) electrons. The zero-order valence-electron chi connectivity index (χ0n) is 9.00. The standard InChI is InChI=1S/C12H15ClO2/c1-9(2)6-7-12(14)15-11-5-3-4-10(13)8-11/h3-5,8-9H,6-7H2,1-2H3. The van der Waals surface area contributed by atoms with Crippen LogP contribution < -0.4 is 4.74 Å². The lowest BCUT2D eigenvalue weighted by atomic mass is 10.1. The van der Waals surface area contributed by atoms with E-state index in [1.165, 1.54) is 0 Å². The van der Waals surface area contributed by atoms with Gasteiger partial charge in [0.1, 0.15) is 5.75 Å². The molecule has 2 nitrogen and oxygen atoms in total. The fourth-order valence-corrected chi connectivity index (χ4v) is 1.30. The van der Waals surface area contributed by atoms with E-state index in [1.807, 2.05) is 0 Å². The summed E-state index contributed by atoms with van der Waals surface area (Å²) in [5.74, 6) is 0.819. The first-order chi connectivity index (χ1) is 7.08. The molecular formula is C12H15ClO2. The van der Waals surface area contributed by atoms with Gasteiger partial charge in [0.2, 0.25) is 0 Å². The van der Waals surface area contributed by atoms with Crippen molar-refractivity contribution in [1.82, 2.24) is 0 Å². The van der Waals surface area contributed by atoms with Crippen LogP contribution >= 0.6 is 11.6 Å². The normalized spacial score (nSPS) is 10.4. The van der Waals surface area contributed by atoms with Crippen molar-refractivity contribution in [1.29, 1.82) is 0 Å². The first kappa shape index (κ1) is 12.1. The van der Waals surface area contributed by atoms with E-state index < -0.39 is 0 Å². The Bertz CT molecular complexity index is 334. The molecule has 0 aliphatic rings. The van der Waals surface area contributed by atoms with E-state index in [9.17, 15) is 4.79 Å². The topological polar surface area (TPSA) is 26.3 Å². The number of carbonyl (C=O) groups excluding carboxylic acids is 1. The van der Waals surface area contributed by atoms with E-state index in [0.29, 0.717) is 23.1 Å². The Morgan fingerprint density at radius 1 is 1.47 bits per heavy atom. The quantitative estimate of drug-likeness (QED) is 0.578. The minimum atomic E-state index is -0.203. The van der Waals surface area contributed by atoms with Crippen LogP contribution in [0, 0.1) is 5.92 Å². The average Bonchev–Trinajstić information content (AvgIpc) is 2.15. The summed E-state index contributed by atoms with van der Waals surface area (Å²) in [6.45, 7) is 4.15. The second kappa shape index (κ2) is 5.76. The van der Waals surface area contributed by atoms with Gasteiger partial charge in [-0.25, -0.2) is 0 Å². The van der Waals surface area contributed by atoms with E-state index in [1.54, 1.807) is 24.3 Å². The second-order valence-electron chi connectivity index (χ2n) is 3.86. The molecule has 0 atom stereocenters. The van der Waals surface area contributed by atoms with Crippen LogP contribution in [0.3, 0.4) is 0 Å². The SMILES string of the molecule is CC(C)CCC(=O)Oc1cccc(Cl)c1. The van der Waals surface area contributed by atoms with Crippen molar-refractivity contribution in [2.24, 2.45) is 5.92 Å². The highest BCUT2D eigenvalue weighted by Crippen LogP contribution is 2.18. The summed E-state index contributed by atoms with van der Waals surface area (Å²) in [5.41, 5.74) is 0. The summed E-state index contributed by atoms with van der Waals surface area (Å²) in [5, 5.41) is 0.573. The molecule has 0 amide bonds. The molecule has 0 unspecified atom stereocenters. The zero-order chi connectivity index (χ0) is 11.3. The Morgan fingerprint density at radius 3 is 2.80 bits per heavy atom. The van der Waals surface area contributed by atoms with Gasteiger partial charge in [0, 0.05) is 11.4 Å². The first-order valence-electron chi connectivity index (χ1n) is 5.04. The summed E-state index contributed by atoms with van der Waals surface area (Å²) in [6.07, 6.45) is 1.30. The van der Waals surface area contributed by atoms with E-state index in [2.05, 4.69) is 13.8 Å². The minimum absolute atomic E-state index is 0.203. The molecule has 0 N–H and O–H groups in total. The van der Waals surface area contributed by atoms with Gasteiger partial charge < -0.3 is 4.74 Å². The van der Waals surface area contributed by atoms with Gasteiger partial charge in [-0.2, -0.15) is 0 Å². The number of hydrogen-bond acceptors (Lipinski definition) is 2. The van der Waals surface area contributed by atoms with Gasteiger partial charge in [-0.3, -0.25) is 4.79 Å². The van der Waals surface area contributed by atoms with Crippen LogP contribution in [0.15, 0.2) is 24.3 Å². The van der Waals surface area contributed by atoms with Crippen LogP contribution in [0.2, 0.25) is 5.02 Å². The third-order valence-corrected chi connectivity index (χ3v) is 2.19. The highest BCUT2D eigenvalue weighted by atomic mass is 35.5. The molecule has 0 spiro atoms. The number of halogens is 1. The van der Waals surface area contributed by atoms with Gasteiger partial charge in [0.05, 0.1) is 0 Å². The summed E-state index contributed by atoms with van der Waals surface area (Å²) in [6, 6.07) is 6.86. The fraction of sp³-hybridized carbons (Fsp3) is 0.417. The van der Waals surface area contributed by atoms with Gasteiger partial charge in [-0.1, -0.05) is 31.5 Å². The summed E-state index contributed by atoms with van der Waals surface area (Å²) >= 11 is 5.76. The third kappa shape index (κ3) is 4.84. The molecule has 0 aliphatic carbocycles. The maximum atomic E-state index is 11.4. The van der Waals surface area contributed by atoms with Crippen molar-refractivity contribution in [3.63, 3.8) is 0 Å². The summed E-state index contributed by atoms with van der Waals surface area (Å²) in [4.78, 5) is 11.4.